The molecule has 0 saturated carbocycles. The number of carbonyl (C=O) groups excluding carboxylic acids is 2. The molecule has 2 atom stereocenters. The van der Waals surface area contributed by atoms with E-state index >= 15 is 0 Å². The minimum atomic E-state index is -0.340. The highest BCUT2D eigenvalue weighted by Crippen LogP contribution is 2.49. The van der Waals surface area contributed by atoms with Gasteiger partial charge in [0.1, 0.15) is 23.3 Å². The molecule has 0 spiro atoms. The molecule has 4 aromatic rings. The molecule has 1 saturated heterocycles. The molecule has 7 rings (SSSR count). The molecule has 0 bridgehead atoms. The lowest BCUT2D eigenvalue weighted by Gasteiger charge is -2.50. The summed E-state index contributed by atoms with van der Waals surface area (Å²) in [5, 5.41) is 20.7. The van der Waals surface area contributed by atoms with Crippen LogP contribution in [-0.4, -0.2) is 44.5 Å². The van der Waals surface area contributed by atoms with E-state index in [4.69, 9.17) is 9.47 Å². The Balaban J connectivity index is 0.000000193. The molecule has 4 aromatic carbocycles. The topological polar surface area (TPSA) is 96.3 Å². The Bertz CT molecular complexity index is 2390. The molecule has 64 heavy (non-hydrogen) atoms. The predicted molar refractivity (Wildman–Crippen MR) is 261 cm³/mol. The molecule has 7 heteroatoms. The molecular weight excluding hydrogens is 795 g/mol. The number of rotatable bonds is 2. The number of hydrogen-bond acceptors (Lipinski definition) is 7. The second kappa shape index (κ2) is 17.5. The van der Waals surface area contributed by atoms with Crippen molar-refractivity contribution in [2.45, 2.75) is 202 Å². The average molecular weight is 874 g/mol. The molecule has 1 fully saturated rings. The van der Waals surface area contributed by atoms with E-state index in [2.05, 4.69) is 165 Å². The van der Waals surface area contributed by atoms with Crippen LogP contribution in [0.25, 0.3) is 0 Å². The van der Waals surface area contributed by atoms with Crippen molar-refractivity contribution in [3.05, 3.63) is 127 Å². The number of ether oxygens (including phenoxy) is 2. The number of carbonyl (C=O) groups is 2. The SMILES string of the molecule is CC1(C)CC(O)CC(C)(C)N1O.Cc1ccc(C2C(=O)Oc3c2cc(C(C)(C)C)cc3C(C)(C)C)cc1C.Cc1cccc(C2C(=O)Oc3c2cc(C(C)(C)C)cc3C(C)(C)C)c1C. The summed E-state index contributed by atoms with van der Waals surface area (Å²) in [5.41, 5.74) is 12.8. The molecule has 2 N–H and O–H groups in total. The lowest BCUT2D eigenvalue weighted by atomic mass is 9.77. The maximum Gasteiger partial charge on any atom is 0.323 e. The van der Waals surface area contributed by atoms with Gasteiger partial charge in [0.2, 0.25) is 0 Å². The molecule has 0 radical (unpaired) electrons. The Labute approximate surface area is 385 Å². The van der Waals surface area contributed by atoms with Gasteiger partial charge >= 0.3 is 11.9 Å². The minimum absolute atomic E-state index is 0.00681. The van der Waals surface area contributed by atoms with Crippen molar-refractivity contribution in [1.29, 1.82) is 0 Å². The highest BCUT2D eigenvalue weighted by molar-refractivity contribution is 5.91. The molecule has 3 aliphatic rings. The Morgan fingerprint density at radius 3 is 1.41 bits per heavy atom. The Hall–Kier alpha value is -4.30. The van der Waals surface area contributed by atoms with Gasteiger partial charge in [0, 0.05) is 33.3 Å². The quantitative estimate of drug-likeness (QED) is 0.153. The number of hydroxylamine groups is 2. The van der Waals surface area contributed by atoms with Crippen LogP contribution in [0.5, 0.6) is 11.5 Å². The van der Waals surface area contributed by atoms with Gasteiger partial charge in [0.25, 0.3) is 0 Å². The number of aryl methyl sites for hydroxylation is 3. The van der Waals surface area contributed by atoms with Crippen molar-refractivity contribution in [1.82, 2.24) is 5.06 Å². The molecule has 0 aliphatic carbocycles. The molecule has 0 aromatic heterocycles. The van der Waals surface area contributed by atoms with Gasteiger partial charge in [-0.2, -0.15) is 5.06 Å². The van der Waals surface area contributed by atoms with Gasteiger partial charge in [0.05, 0.1) is 6.10 Å². The summed E-state index contributed by atoms with van der Waals surface area (Å²) in [6.07, 6.45) is 0.971. The van der Waals surface area contributed by atoms with Crippen LogP contribution in [0, 0.1) is 27.7 Å². The smallest absolute Gasteiger partial charge is 0.323 e. The molecule has 3 heterocycles. The van der Waals surface area contributed by atoms with Crippen LogP contribution >= 0.6 is 0 Å². The van der Waals surface area contributed by atoms with E-state index in [1.807, 2.05) is 33.8 Å². The average Bonchev–Trinajstić information content (AvgIpc) is 3.65. The van der Waals surface area contributed by atoms with Crippen molar-refractivity contribution in [2.24, 2.45) is 0 Å². The largest absolute Gasteiger partial charge is 0.425 e. The Kier molecular flexibility index (Phi) is 13.9. The molecule has 2 unspecified atom stereocenters. The number of nitrogens with zero attached hydrogens (tertiary/aromatic N) is 1. The summed E-state index contributed by atoms with van der Waals surface area (Å²) in [7, 11) is 0. The van der Waals surface area contributed by atoms with Gasteiger partial charge in [-0.15, -0.1) is 0 Å². The minimum Gasteiger partial charge on any atom is -0.425 e. The van der Waals surface area contributed by atoms with Gasteiger partial charge in [0.15, 0.2) is 0 Å². The Morgan fingerprint density at radius 1 is 0.547 bits per heavy atom. The van der Waals surface area contributed by atoms with E-state index in [0.29, 0.717) is 12.8 Å². The van der Waals surface area contributed by atoms with E-state index in [1.165, 1.54) is 38.4 Å². The highest BCUT2D eigenvalue weighted by atomic mass is 16.5. The Morgan fingerprint density at radius 2 is 0.984 bits per heavy atom. The maximum absolute atomic E-state index is 12.9. The van der Waals surface area contributed by atoms with Crippen molar-refractivity contribution >= 4 is 11.9 Å². The maximum atomic E-state index is 12.9. The molecule has 7 nitrogen and oxygen atoms in total. The molecular formula is C57H79NO6. The first-order chi connectivity index (χ1) is 29.1. The highest BCUT2D eigenvalue weighted by Gasteiger charge is 2.45. The van der Waals surface area contributed by atoms with Crippen LogP contribution < -0.4 is 9.47 Å². The zero-order chi connectivity index (χ0) is 48.4. The number of aliphatic hydroxyl groups excluding tert-OH is 1. The summed E-state index contributed by atoms with van der Waals surface area (Å²) in [5.74, 6) is 0.520. The molecule has 3 aliphatic heterocycles. The van der Waals surface area contributed by atoms with E-state index in [1.54, 1.807) is 0 Å². The fourth-order valence-corrected chi connectivity index (χ4v) is 9.37. The lowest BCUT2D eigenvalue weighted by Crippen LogP contribution is -2.60. The normalized spacial score (nSPS) is 19.7. The van der Waals surface area contributed by atoms with Crippen LogP contribution in [0.2, 0.25) is 0 Å². The molecule has 348 valence electrons. The zero-order valence-corrected chi connectivity index (χ0v) is 42.9. The number of benzene rings is 4. The fourth-order valence-electron chi connectivity index (χ4n) is 9.37. The lowest BCUT2D eigenvalue weighted by molar-refractivity contribution is -0.257. The summed E-state index contributed by atoms with van der Waals surface area (Å²) in [6.45, 7) is 42.5. The third-order valence-corrected chi connectivity index (χ3v) is 13.5. The number of hydrogen-bond donors (Lipinski definition) is 2. The van der Waals surface area contributed by atoms with Crippen LogP contribution in [-0.2, 0) is 31.2 Å². The first-order valence-electron chi connectivity index (χ1n) is 23.2. The van der Waals surface area contributed by atoms with Crippen molar-refractivity contribution in [2.75, 3.05) is 0 Å². The summed E-state index contributed by atoms with van der Waals surface area (Å²) in [6, 6.07) is 21.2. The van der Waals surface area contributed by atoms with Gasteiger partial charge < -0.3 is 19.8 Å². The first-order valence-corrected chi connectivity index (χ1v) is 23.2. The van der Waals surface area contributed by atoms with Crippen LogP contribution in [0.4, 0.5) is 0 Å². The van der Waals surface area contributed by atoms with Crippen molar-refractivity contribution in [3.8, 4) is 11.5 Å². The predicted octanol–water partition coefficient (Wildman–Crippen LogP) is 13.3. The number of aliphatic hydroxyl groups is 1. The second-order valence-corrected chi connectivity index (χ2v) is 24.2. The van der Waals surface area contributed by atoms with Gasteiger partial charge in [-0.25, -0.2) is 0 Å². The second-order valence-electron chi connectivity index (χ2n) is 24.2. The van der Waals surface area contributed by atoms with Gasteiger partial charge in [-0.1, -0.05) is 144 Å². The van der Waals surface area contributed by atoms with Crippen LogP contribution in [0.15, 0.2) is 60.7 Å². The van der Waals surface area contributed by atoms with E-state index in [0.717, 1.165) is 44.9 Å². The molecule has 0 amide bonds. The first kappa shape index (κ1) is 50.7. The third kappa shape index (κ3) is 10.5. The number of fused-ring (bicyclic) bond motifs is 2. The van der Waals surface area contributed by atoms with E-state index in [-0.39, 0.29) is 62.6 Å². The summed E-state index contributed by atoms with van der Waals surface area (Å²) >= 11 is 0. The van der Waals surface area contributed by atoms with Crippen LogP contribution in [0.1, 0.15) is 202 Å². The monoisotopic (exact) mass is 874 g/mol. The van der Waals surface area contributed by atoms with E-state index < -0.39 is 0 Å². The third-order valence-electron chi connectivity index (χ3n) is 13.5. The summed E-state index contributed by atoms with van der Waals surface area (Å²) < 4.78 is 11.7. The van der Waals surface area contributed by atoms with Crippen molar-refractivity contribution in [3.63, 3.8) is 0 Å². The van der Waals surface area contributed by atoms with Gasteiger partial charge in [-0.05, 0) is 134 Å². The number of piperidine rings is 1. The standard InChI is InChI=1S/2C24H30O2.C9H19NO2/c1-14-9-10-16(11-15(14)2)20-18-12-17(23(3,4)5)13-19(24(6,7)8)21(18)26-22(20)25;1-14-10-9-11-17(15(14)2)20-18-12-16(23(3,4)5)13-19(24(6,7)8)21(18)26-22(20)25;1-8(2)5-7(11)6-9(3,4)10(8)12/h2*9-13,20H,1-8H3;7,11-12H,5-6H2,1-4H3. The van der Waals surface area contributed by atoms with Crippen LogP contribution in [0.3, 0.4) is 0 Å². The summed E-state index contributed by atoms with van der Waals surface area (Å²) in [4.78, 5) is 25.8. The zero-order valence-electron chi connectivity index (χ0n) is 42.9. The fraction of sp³-hybridized carbons (Fsp3) is 0.544. The van der Waals surface area contributed by atoms with Gasteiger partial charge in [-0.3, -0.25) is 9.59 Å². The number of esters is 2. The van der Waals surface area contributed by atoms with Crippen molar-refractivity contribution < 1.29 is 29.4 Å². The van der Waals surface area contributed by atoms with E-state index in [9.17, 15) is 19.9 Å².